The Kier molecular flexibility index (Phi) is 3.40. The molecule has 0 aromatic carbocycles. The molecule has 0 radical (unpaired) electrons. The number of hydrogen-bond donors (Lipinski definition) is 0. The number of thioether (sulfide) groups is 1. The van der Waals surface area contributed by atoms with E-state index in [2.05, 4.69) is 16.8 Å². The minimum Gasteiger partial charge on any atom is -0.361 e. The van der Waals surface area contributed by atoms with E-state index < -0.39 is 0 Å². The van der Waals surface area contributed by atoms with Crippen LogP contribution >= 0.6 is 11.8 Å². The van der Waals surface area contributed by atoms with Crippen molar-refractivity contribution >= 4 is 16.9 Å². The molecule has 12 heavy (non-hydrogen) atoms. The molecule has 0 aromatic heterocycles. The molecule has 1 aliphatic heterocycles. The van der Waals surface area contributed by atoms with Gasteiger partial charge in [0.05, 0.1) is 6.04 Å². The van der Waals surface area contributed by atoms with Crippen LogP contribution in [-0.2, 0) is 4.74 Å². The number of amidine groups is 1. The predicted octanol–water partition coefficient (Wildman–Crippen LogP) is 1.40. The largest absolute Gasteiger partial charge is 0.361 e. The maximum absolute atomic E-state index is 5.34. The van der Waals surface area contributed by atoms with Crippen molar-refractivity contribution in [3.05, 3.63) is 0 Å². The maximum atomic E-state index is 5.34. The third kappa shape index (κ3) is 1.93. The Morgan fingerprint density at radius 2 is 2.33 bits per heavy atom. The van der Waals surface area contributed by atoms with Crippen molar-refractivity contribution in [2.75, 3.05) is 20.4 Å². The Morgan fingerprint density at radius 3 is 2.83 bits per heavy atom. The molecule has 0 aliphatic carbocycles. The fourth-order valence-electron chi connectivity index (χ4n) is 1.36. The number of hydrogen-bond acceptors (Lipinski definition) is 4. The molecule has 0 saturated heterocycles. The van der Waals surface area contributed by atoms with Crippen molar-refractivity contribution in [2.24, 2.45) is 4.99 Å². The van der Waals surface area contributed by atoms with E-state index in [0.29, 0.717) is 6.04 Å². The first-order valence-corrected chi connectivity index (χ1v) is 5.29. The fraction of sp³-hybridized carbons (Fsp3) is 0.875. The highest BCUT2D eigenvalue weighted by molar-refractivity contribution is 8.13. The highest BCUT2D eigenvalue weighted by atomic mass is 32.2. The third-order valence-corrected chi connectivity index (χ3v) is 2.82. The predicted molar refractivity (Wildman–Crippen MR) is 53.6 cm³/mol. The van der Waals surface area contributed by atoms with E-state index in [1.165, 1.54) is 0 Å². The van der Waals surface area contributed by atoms with Crippen LogP contribution in [0, 0.1) is 0 Å². The Morgan fingerprint density at radius 1 is 1.67 bits per heavy atom. The van der Waals surface area contributed by atoms with E-state index in [9.17, 15) is 0 Å². The zero-order valence-corrected chi connectivity index (χ0v) is 8.89. The normalized spacial score (nSPS) is 30.3. The van der Waals surface area contributed by atoms with Gasteiger partial charge in [-0.05, 0) is 13.2 Å². The van der Waals surface area contributed by atoms with Gasteiger partial charge in [0.2, 0.25) is 0 Å². The van der Waals surface area contributed by atoms with E-state index in [-0.39, 0.29) is 6.23 Å². The van der Waals surface area contributed by atoms with E-state index >= 15 is 0 Å². The highest BCUT2D eigenvalue weighted by Crippen LogP contribution is 2.20. The second kappa shape index (κ2) is 4.14. The van der Waals surface area contributed by atoms with Gasteiger partial charge in [-0.25, -0.2) is 0 Å². The molecule has 0 aromatic rings. The van der Waals surface area contributed by atoms with Gasteiger partial charge in [0.25, 0.3) is 0 Å². The van der Waals surface area contributed by atoms with Crippen molar-refractivity contribution < 1.29 is 4.74 Å². The molecule has 0 spiro atoms. The van der Waals surface area contributed by atoms with Crippen LogP contribution in [0.5, 0.6) is 0 Å². The number of ether oxygens (including phenoxy) is 1. The Bertz CT molecular complexity index is 184. The van der Waals surface area contributed by atoms with Crippen LogP contribution in [0.2, 0.25) is 0 Å². The van der Waals surface area contributed by atoms with E-state index in [1.807, 2.05) is 13.3 Å². The van der Waals surface area contributed by atoms with Gasteiger partial charge >= 0.3 is 0 Å². The highest BCUT2D eigenvalue weighted by Gasteiger charge is 2.24. The summed E-state index contributed by atoms with van der Waals surface area (Å²) in [7, 11) is 3.77. The van der Waals surface area contributed by atoms with Gasteiger partial charge in [0.15, 0.2) is 5.17 Å². The molecule has 3 nitrogen and oxygen atoms in total. The summed E-state index contributed by atoms with van der Waals surface area (Å²) < 4.78 is 5.34. The lowest BCUT2D eigenvalue weighted by atomic mass is 10.2. The molecule has 4 heteroatoms. The lowest BCUT2D eigenvalue weighted by molar-refractivity contribution is 0.00525. The van der Waals surface area contributed by atoms with Gasteiger partial charge in [-0.2, -0.15) is 0 Å². The average molecular weight is 188 g/mol. The Balaban J connectivity index is 2.72. The summed E-state index contributed by atoms with van der Waals surface area (Å²) in [5, 5.41) is 1.07. The molecule has 2 atom stereocenters. The Labute approximate surface area is 78.2 Å². The summed E-state index contributed by atoms with van der Waals surface area (Å²) in [6.07, 6.45) is 3.22. The second-order valence-electron chi connectivity index (χ2n) is 3.00. The van der Waals surface area contributed by atoms with Gasteiger partial charge in [0, 0.05) is 20.6 Å². The second-order valence-corrected chi connectivity index (χ2v) is 3.78. The third-order valence-electron chi connectivity index (χ3n) is 2.06. The van der Waals surface area contributed by atoms with Crippen LogP contribution in [0.4, 0.5) is 0 Å². The monoisotopic (exact) mass is 188 g/mol. The van der Waals surface area contributed by atoms with Crippen LogP contribution in [-0.4, -0.2) is 42.8 Å². The number of nitrogens with zero attached hydrogens (tertiary/aromatic N) is 2. The smallest absolute Gasteiger partial charge is 0.160 e. The molecular formula is C8H16N2OS. The van der Waals surface area contributed by atoms with Crippen molar-refractivity contribution in [2.45, 2.75) is 25.6 Å². The van der Waals surface area contributed by atoms with Crippen molar-refractivity contribution in [3.8, 4) is 0 Å². The molecule has 0 bridgehead atoms. The minimum atomic E-state index is 0.194. The fourth-order valence-corrected chi connectivity index (χ4v) is 2.05. The molecule has 1 heterocycles. The molecule has 0 N–H and O–H groups in total. The molecule has 0 unspecified atom stereocenters. The first-order valence-electron chi connectivity index (χ1n) is 4.06. The zero-order valence-electron chi connectivity index (χ0n) is 8.07. The van der Waals surface area contributed by atoms with Gasteiger partial charge in [-0.3, -0.25) is 4.99 Å². The van der Waals surface area contributed by atoms with Crippen LogP contribution in [0.3, 0.4) is 0 Å². The summed E-state index contributed by atoms with van der Waals surface area (Å²) >= 11 is 1.67. The van der Waals surface area contributed by atoms with Gasteiger partial charge in [0.1, 0.15) is 6.23 Å². The van der Waals surface area contributed by atoms with Crippen LogP contribution < -0.4 is 0 Å². The van der Waals surface area contributed by atoms with Crippen molar-refractivity contribution in [1.29, 1.82) is 0 Å². The maximum Gasteiger partial charge on any atom is 0.160 e. The van der Waals surface area contributed by atoms with Gasteiger partial charge in [-0.1, -0.05) is 11.8 Å². The lowest BCUT2D eigenvalue weighted by Crippen LogP contribution is -2.42. The summed E-state index contributed by atoms with van der Waals surface area (Å²) in [5.41, 5.74) is 0. The number of aliphatic imine (C=N–C) groups is 1. The summed E-state index contributed by atoms with van der Waals surface area (Å²) in [6, 6.07) is 0.383. The molecule has 0 amide bonds. The standard InChI is InChI=1S/C8H16N2OS/c1-6-5-7(11-3)10(2)8(9-6)12-4/h6-7H,5H2,1-4H3/t6-,7-/m1/s1. The van der Waals surface area contributed by atoms with Crippen LogP contribution in [0.15, 0.2) is 4.99 Å². The quantitative estimate of drug-likeness (QED) is 0.622. The number of rotatable bonds is 1. The SMILES string of the molecule is CO[C@@H]1C[C@@H](C)N=C(SC)N1C. The first kappa shape index (κ1) is 9.86. The average Bonchev–Trinajstić information content (AvgIpc) is 2.08. The lowest BCUT2D eigenvalue weighted by Gasteiger charge is -2.34. The van der Waals surface area contributed by atoms with Crippen molar-refractivity contribution in [3.63, 3.8) is 0 Å². The van der Waals surface area contributed by atoms with E-state index in [1.54, 1.807) is 18.9 Å². The summed E-state index contributed by atoms with van der Waals surface area (Å²) in [4.78, 5) is 6.59. The molecule has 1 aliphatic rings. The molecule has 0 saturated carbocycles. The van der Waals surface area contributed by atoms with E-state index in [0.717, 1.165) is 11.6 Å². The van der Waals surface area contributed by atoms with E-state index in [4.69, 9.17) is 4.74 Å². The first-order chi connectivity index (χ1) is 5.69. The van der Waals surface area contributed by atoms with Crippen molar-refractivity contribution in [1.82, 2.24) is 4.90 Å². The van der Waals surface area contributed by atoms with Crippen LogP contribution in [0.1, 0.15) is 13.3 Å². The Hall–Kier alpha value is -0.220. The molecule has 70 valence electrons. The van der Waals surface area contributed by atoms with Gasteiger partial charge < -0.3 is 9.64 Å². The minimum absolute atomic E-state index is 0.194. The topological polar surface area (TPSA) is 24.8 Å². The van der Waals surface area contributed by atoms with Crippen LogP contribution in [0.25, 0.3) is 0 Å². The molecule has 1 rings (SSSR count). The molecule has 0 fully saturated rings. The van der Waals surface area contributed by atoms with Gasteiger partial charge in [-0.15, -0.1) is 0 Å². The zero-order chi connectivity index (χ0) is 9.14. The number of methoxy groups -OCH3 is 1. The summed E-state index contributed by atoms with van der Waals surface area (Å²) in [5.74, 6) is 0. The summed E-state index contributed by atoms with van der Waals surface area (Å²) in [6.45, 7) is 2.12. The molecular weight excluding hydrogens is 172 g/mol.